The van der Waals surface area contributed by atoms with Gasteiger partial charge < -0.3 is 24.3 Å². The summed E-state index contributed by atoms with van der Waals surface area (Å²) >= 11 is 1.13. The molecule has 11 heteroatoms. The van der Waals surface area contributed by atoms with Gasteiger partial charge in [0.1, 0.15) is 4.88 Å². The third-order valence-electron chi connectivity index (χ3n) is 4.75. The summed E-state index contributed by atoms with van der Waals surface area (Å²) in [4.78, 5) is 37.0. The summed E-state index contributed by atoms with van der Waals surface area (Å²) in [5, 5.41) is 14.0. The Hall–Kier alpha value is -4.12. The maximum atomic E-state index is 12.9. The third kappa shape index (κ3) is 5.09. The van der Waals surface area contributed by atoms with Gasteiger partial charge in [-0.2, -0.15) is 0 Å². The Kier molecular flexibility index (Phi) is 7.69. The minimum absolute atomic E-state index is 0.0278. The minimum atomic E-state index is -0.639. The summed E-state index contributed by atoms with van der Waals surface area (Å²) in [6.45, 7) is 1.83. The molecule has 0 bridgehead atoms. The van der Waals surface area contributed by atoms with Gasteiger partial charge in [-0.15, -0.1) is 11.3 Å². The Labute approximate surface area is 199 Å². The van der Waals surface area contributed by atoms with E-state index in [2.05, 4.69) is 5.32 Å². The first-order valence-electron chi connectivity index (χ1n) is 10.00. The molecule has 1 amide bonds. The molecule has 1 heterocycles. The smallest absolute Gasteiger partial charge is 0.350 e. The molecule has 0 saturated carbocycles. The summed E-state index contributed by atoms with van der Waals surface area (Å²) in [5.74, 6) is -0.159. The number of carbonyl (C=O) groups excluding carboxylic acids is 2. The topological polar surface area (TPSA) is 126 Å². The van der Waals surface area contributed by atoms with Gasteiger partial charge in [-0.1, -0.05) is 0 Å². The molecule has 3 aromatic rings. The van der Waals surface area contributed by atoms with E-state index in [0.717, 1.165) is 23.0 Å². The van der Waals surface area contributed by atoms with Gasteiger partial charge in [-0.05, 0) is 48.9 Å². The molecular formula is C23H22N2O8S. The molecule has 3 rings (SSSR count). The van der Waals surface area contributed by atoms with E-state index in [1.807, 2.05) is 0 Å². The number of benzene rings is 2. The second-order valence-electron chi connectivity index (χ2n) is 6.74. The number of nitrogens with zero attached hydrogens (tertiary/aromatic N) is 1. The van der Waals surface area contributed by atoms with Crippen LogP contribution < -0.4 is 19.5 Å². The first-order chi connectivity index (χ1) is 16.3. The van der Waals surface area contributed by atoms with Gasteiger partial charge in [0.15, 0.2) is 17.2 Å². The zero-order valence-electron chi connectivity index (χ0n) is 18.9. The lowest BCUT2D eigenvalue weighted by Crippen LogP contribution is -2.14. The highest BCUT2D eigenvalue weighted by Crippen LogP contribution is 2.39. The van der Waals surface area contributed by atoms with Crippen LogP contribution in [0.15, 0.2) is 42.5 Å². The predicted molar refractivity (Wildman–Crippen MR) is 126 cm³/mol. The van der Waals surface area contributed by atoms with Crippen LogP contribution in [0.5, 0.6) is 17.2 Å². The molecule has 2 aromatic carbocycles. The largest absolute Gasteiger partial charge is 0.493 e. The van der Waals surface area contributed by atoms with Crippen LogP contribution in [-0.4, -0.2) is 44.7 Å². The number of ether oxygens (including phenoxy) is 4. The standard InChI is InChI=1S/C23H22N2O8S/c1-5-33-23(27)21-15(12-20(34-21)13-6-9-18(31-3)19(11-13)32-4)24-22(26)14-7-8-17(30-2)16(10-14)25(28)29/h6-12H,5H2,1-4H3,(H,24,26). The van der Waals surface area contributed by atoms with E-state index in [1.54, 1.807) is 31.2 Å². The molecule has 0 fully saturated rings. The Bertz CT molecular complexity index is 1240. The summed E-state index contributed by atoms with van der Waals surface area (Å²) in [7, 11) is 4.34. The summed E-state index contributed by atoms with van der Waals surface area (Å²) in [6.07, 6.45) is 0. The number of hydrogen-bond donors (Lipinski definition) is 1. The third-order valence-corrected chi connectivity index (χ3v) is 5.91. The van der Waals surface area contributed by atoms with Crippen molar-refractivity contribution in [2.75, 3.05) is 33.3 Å². The fourth-order valence-corrected chi connectivity index (χ4v) is 4.14. The molecule has 178 valence electrons. The van der Waals surface area contributed by atoms with Gasteiger partial charge >= 0.3 is 11.7 Å². The minimum Gasteiger partial charge on any atom is -0.493 e. The average molecular weight is 487 g/mol. The molecule has 34 heavy (non-hydrogen) atoms. The molecule has 0 aliphatic heterocycles. The Balaban J connectivity index is 2.00. The van der Waals surface area contributed by atoms with Crippen LogP contribution in [-0.2, 0) is 4.74 Å². The van der Waals surface area contributed by atoms with E-state index in [4.69, 9.17) is 18.9 Å². The Morgan fingerprint density at radius 3 is 2.26 bits per heavy atom. The van der Waals surface area contributed by atoms with Gasteiger partial charge in [0.2, 0.25) is 0 Å². The zero-order chi connectivity index (χ0) is 24.8. The number of anilines is 1. The average Bonchev–Trinajstić information content (AvgIpc) is 3.26. The highest BCUT2D eigenvalue weighted by Gasteiger charge is 2.23. The molecule has 0 unspecified atom stereocenters. The van der Waals surface area contributed by atoms with Crippen molar-refractivity contribution in [2.24, 2.45) is 0 Å². The van der Waals surface area contributed by atoms with Gasteiger partial charge in [-0.3, -0.25) is 14.9 Å². The summed E-state index contributed by atoms with van der Waals surface area (Å²) < 4.78 is 20.7. The molecule has 10 nitrogen and oxygen atoms in total. The molecule has 0 aliphatic carbocycles. The molecule has 0 spiro atoms. The number of rotatable bonds is 9. The number of esters is 1. The number of methoxy groups -OCH3 is 3. The van der Waals surface area contributed by atoms with Crippen LogP contribution in [0, 0.1) is 10.1 Å². The lowest BCUT2D eigenvalue weighted by Gasteiger charge is -2.08. The maximum absolute atomic E-state index is 12.9. The van der Waals surface area contributed by atoms with Gasteiger partial charge in [-0.25, -0.2) is 4.79 Å². The van der Waals surface area contributed by atoms with E-state index in [9.17, 15) is 19.7 Å². The van der Waals surface area contributed by atoms with Crippen molar-refractivity contribution in [3.05, 3.63) is 63.0 Å². The molecular weight excluding hydrogens is 464 g/mol. The Morgan fingerprint density at radius 2 is 1.65 bits per heavy atom. The summed E-state index contributed by atoms with van der Waals surface area (Å²) in [6, 6.07) is 10.7. The number of nitrogens with one attached hydrogen (secondary N) is 1. The second-order valence-corrected chi connectivity index (χ2v) is 7.79. The van der Waals surface area contributed by atoms with E-state index in [1.165, 1.54) is 33.5 Å². The predicted octanol–water partition coefficient (Wildman–Crippen LogP) is 4.78. The normalized spacial score (nSPS) is 10.4. The van der Waals surface area contributed by atoms with Crippen molar-refractivity contribution in [3.63, 3.8) is 0 Å². The first-order valence-corrected chi connectivity index (χ1v) is 10.8. The summed E-state index contributed by atoms with van der Waals surface area (Å²) in [5.41, 5.74) is 0.628. The van der Waals surface area contributed by atoms with E-state index in [-0.39, 0.29) is 34.2 Å². The Morgan fingerprint density at radius 1 is 0.971 bits per heavy atom. The van der Waals surface area contributed by atoms with Crippen LogP contribution in [0.25, 0.3) is 10.4 Å². The lowest BCUT2D eigenvalue weighted by molar-refractivity contribution is -0.385. The van der Waals surface area contributed by atoms with Gasteiger partial charge in [0.25, 0.3) is 5.91 Å². The van der Waals surface area contributed by atoms with Crippen molar-refractivity contribution in [1.29, 1.82) is 0 Å². The van der Waals surface area contributed by atoms with E-state index in [0.29, 0.717) is 16.4 Å². The molecule has 0 aliphatic rings. The van der Waals surface area contributed by atoms with Crippen LogP contribution >= 0.6 is 11.3 Å². The van der Waals surface area contributed by atoms with Crippen molar-refractivity contribution in [3.8, 4) is 27.7 Å². The SMILES string of the molecule is CCOC(=O)c1sc(-c2ccc(OC)c(OC)c2)cc1NC(=O)c1ccc(OC)c([N+](=O)[O-])c1. The van der Waals surface area contributed by atoms with Gasteiger partial charge in [0.05, 0.1) is 38.5 Å². The fourth-order valence-electron chi connectivity index (χ4n) is 3.13. The quantitative estimate of drug-likeness (QED) is 0.260. The van der Waals surface area contributed by atoms with Crippen molar-refractivity contribution in [2.45, 2.75) is 6.92 Å². The number of thiophene rings is 1. The number of nitro groups is 1. The van der Waals surface area contributed by atoms with Gasteiger partial charge in [0, 0.05) is 16.5 Å². The van der Waals surface area contributed by atoms with Crippen LogP contribution in [0.2, 0.25) is 0 Å². The van der Waals surface area contributed by atoms with E-state index >= 15 is 0 Å². The number of amides is 1. The first kappa shape index (κ1) is 24.5. The highest BCUT2D eigenvalue weighted by atomic mass is 32.1. The van der Waals surface area contributed by atoms with E-state index < -0.39 is 16.8 Å². The highest BCUT2D eigenvalue weighted by molar-refractivity contribution is 7.18. The molecule has 1 aromatic heterocycles. The molecule has 0 saturated heterocycles. The van der Waals surface area contributed by atoms with Crippen LogP contribution in [0.4, 0.5) is 11.4 Å². The second kappa shape index (κ2) is 10.7. The lowest BCUT2D eigenvalue weighted by atomic mass is 10.1. The molecule has 1 N–H and O–H groups in total. The van der Waals surface area contributed by atoms with Crippen molar-refractivity contribution < 1.29 is 33.5 Å². The number of carbonyl (C=O) groups is 2. The fraction of sp³-hybridized carbons (Fsp3) is 0.217. The molecule has 0 atom stereocenters. The van der Waals surface area contributed by atoms with Crippen LogP contribution in [0.1, 0.15) is 27.0 Å². The number of hydrogen-bond acceptors (Lipinski definition) is 9. The molecule has 0 radical (unpaired) electrons. The van der Waals surface area contributed by atoms with Crippen molar-refractivity contribution >= 4 is 34.6 Å². The zero-order valence-corrected chi connectivity index (χ0v) is 19.7. The maximum Gasteiger partial charge on any atom is 0.350 e. The number of nitro benzene ring substituents is 1. The monoisotopic (exact) mass is 486 g/mol. The van der Waals surface area contributed by atoms with Crippen LogP contribution in [0.3, 0.4) is 0 Å². The van der Waals surface area contributed by atoms with Crippen molar-refractivity contribution in [1.82, 2.24) is 0 Å².